The Morgan fingerprint density at radius 1 is 1.00 bits per heavy atom. The summed E-state index contributed by atoms with van der Waals surface area (Å²) in [6.45, 7) is 4.00. The van der Waals surface area contributed by atoms with Gasteiger partial charge in [-0.3, -0.25) is 10.1 Å². The molecule has 0 aliphatic heterocycles. The second kappa shape index (κ2) is 4.87. The van der Waals surface area contributed by atoms with E-state index in [1.165, 1.54) is 6.07 Å². The number of para-hydroxylation sites is 1. The zero-order chi connectivity index (χ0) is 13.1. The molecule has 0 saturated carbocycles. The Morgan fingerprint density at radius 3 is 2.39 bits per heavy atom. The molecule has 4 heteroatoms. The minimum atomic E-state index is -0.402. The minimum absolute atomic E-state index is 0.0825. The van der Waals surface area contributed by atoms with Crippen LogP contribution >= 0.6 is 0 Å². The van der Waals surface area contributed by atoms with Crippen LogP contribution in [0.5, 0.6) is 0 Å². The van der Waals surface area contributed by atoms with E-state index in [0.29, 0.717) is 5.58 Å². The highest BCUT2D eigenvalue weighted by Gasteiger charge is 2.11. The molecule has 0 saturated heterocycles. The monoisotopic (exact) mass is 243 g/mol. The molecule has 3 aromatic rings. The molecule has 18 heavy (non-hydrogen) atoms. The third-order valence-corrected chi connectivity index (χ3v) is 2.57. The molecule has 0 unspecified atom stereocenters. The first-order chi connectivity index (χ1) is 8.75. The van der Waals surface area contributed by atoms with Crippen LogP contribution in [0.25, 0.3) is 21.9 Å². The summed E-state index contributed by atoms with van der Waals surface area (Å²) >= 11 is 0. The van der Waals surface area contributed by atoms with Crippen LogP contribution < -0.4 is 0 Å². The van der Waals surface area contributed by atoms with Crippen molar-refractivity contribution in [1.29, 1.82) is 0 Å². The molecule has 0 bridgehead atoms. The quantitative estimate of drug-likeness (QED) is 0.466. The number of hydrogen-bond acceptors (Lipinski definition) is 3. The van der Waals surface area contributed by atoms with Gasteiger partial charge in [0, 0.05) is 22.9 Å². The fraction of sp³-hybridized carbons (Fsp3) is 0.143. The molecule has 0 aliphatic rings. The highest BCUT2D eigenvalue weighted by molar-refractivity contribution is 6.05. The summed E-state index contributed by atoms with van der Waals surface area (Å²) in [4.78, 5) is 10.3. The number of nitrogens with zero attached hydrogens (tertiary/aromatic N) is 1. The van der Waals surface area contributed by atoms with Gasteiger partial charge in [-0.15, -0.1) is 0 Å². The molecule has 1 heterocycles. The molecular weight excluding hydrogens is 230 g/mol. The van der Waals surface area contributed by atoms with Gasteiger partial charge in [0.25, 0.3) is 5.69 Å². The van der Waals surface area contributed by atoms with Crippen molar-refractivity contribution in [1.82, 2.24) is 0 Å². The van der Waals surface area contributed by atoms with Crippen molar-refractivity contribution in [3.8, 4) is 0 Å². The molecule has 3 rings (SSSR count). The second-order valence-electron chi connectivity index (χ2n) is 3.54. The topological polar surface area (TPSA) is 56.3 Å². The third kappa shape index (κ3) is 1.93. The second-order valence-corrected chi connectivity index (χ2v) is 3.54. The standard InChI is InChI=1S/C12H7NO3.C2H6/c14-13(15)8-5-6-12-10(7-8)9-3-1-2-4-11(9)16-12;1-2/h1-7H;1-2H3. The van der Waals surface area contributed by atoms with Gasteiger partial charge in [-0.2, -0.15) is 0 Å². The molecular formula is C14H13NO3. The van der Waals surface area contributed by atoms with Gasteiger partial charge in [-0.25, -0.2) is 0 Å². The molecule has 0 radical (unpaired) electrons. The smallest absolute Gasteiger partial charge is 0.270 e. The van der Waals surface area contributed by atoms with Crippen molar-refractivity contribution in [2.45, 2.75) is 13.8 Å². The van der Waals surface area contributed by atoms with Crippen molar-refractivity contribution in [3.63, 3.8) is 0 Å². The number of rotatable bonds is 1. The van der Waals surface area contributed by atoms with Crippen LogP contribution in [0.2, 0.25) is 0 Å². The van der Waals surface area contributed by atoms with Gasteiger partial charge >= 0.3 is 0 Å². The van der Waals surface area contributed by atoms with E-state index in [0.717, 1.165) is 16.4 Å². The van der Waals surface area contributed by atoms with Crippen LogP contribution in [0.3, 0.4) is 0 Å². The molecule has 2 aromatic carbocycles. The number of nitro groups is 1. The Kier molecular flexibility index (Phi) is 3.28. The Labute approximate surface area is 104 Å². The van der Waals surface area contributed by atoms with Crippen LogP contribution in [0.1, 0.15) is 13.8 Å². The van der Waals surface area contributed by atoms with E-state index in [4.69, 9.17) is 4.42 Å². The number of benzene rings is 2. The van der Waals surface area contributed by atoms with Gasteiger partial charge in [0.2, 0.25) is 0 Å². The lowest BCUT2D eigenvalue weighted by Gasteiger charge is -1.90. The van der Waals surface area contributed by atoms with Gasteiger partial charge in [-0.1, -0.05) is 32.0 Å². The highest BCUT2D eigenvalue weighted by Crippen LogP contribution is 2.30. The molecule has 0 atom stereocenters. The molecule has 1 aromatic heterocycles. The van der Waals surface area contributed by atoms with Gasteiger partial charge in [-0.05, 0) is 12.1 Å². The number of hydrogen-bond donors (Lipinski definition) is 0. The van der Waals surface area contributed by atoms with E-state index in [1.54, 1.807) is 12.1 Å². The molecule has 4 nitrogen and oxygen atoms in total. The SMILES string of the molecule is CC.O=[N+]([O-])c1ccc2oc3ccccc3c2c1. The average Bonchev–Trinajstić information content (AvgIpc) is 2.78. The summed E-state index contributed by atoms with van der Waals surface area (Å²) in [5.41, 5.74) is 1.50. The lowest BCUT2D eigenvalue weighted by molar-refractivity contribution is -0.384. The Morgan fingerprint density at radius 2 is 1.67 bits per heavy atom. The maximum absolute atomic E-state index is 10.7. The summed E-state index contributed by atoms with van der Waals surface area (Å²) in [6, 6.07) is 12.1. The predicted octanol–water partition coefficient (Wildman–Crippen LogP) is 4.52. The lowest BCUT2D eigenvalue weighted by Crippen LogP contribution is -1.85. The fourth-order valence-corrected chi connectivity index (χ4v) is 1.83. The average molecular weight is 243 g/mol. The summed E-state index contributed by atoms with van der Waals surface area (Å²) < 4.78 is 5.56. The maximum Gasteiger partial charge on any atom is 0.270 e. The number of furan rings is 1. The number of non-ortho nitro benzene ring substituents is 1. The van der Waals surface area contributed by atoms with Crippen molar-refractivity contribution in [2.75, 3.05) is 0 Å². The van der Waals surface area contributed by atoms with Gasteiger partial charge in [0.15, 0.2) is 0 Å². The summed E-state index contributed by atoms with van der Waals surface area (Å²) in [6.07, 6.45) is 0. The Balaban J connectivity index is 0.000000574. The van der Waals surface area contributed by atoms with E-state index in [1.807, 2.05) is 38.1 Å². The van der Waals surface area contributed by atoms with E-state index < -0.39 is 4.92 Å². The number of nitro benzene ring substituents is 1. The van der Waals surface area contributed by atoms with E-state index in [-0.39, 0.29) is 5.69 Å². The predicted molar refractivity (Wildman–Crippen MR) is 71.7 cm³/mol. The summed E-state index contributed by atoms with van der Waals surface area (Å²) in [5.74, 6) is 0. The number of fused-ring (bicyclic) bond motifs is 3. The molecule has 0 spiro atoms. The van der Waals surface area contributed by atoms with Crippen molar-refractivity contribution in [2.24, 2.45) is 0 Å². The van der Waals surface area contributed by atoms with Crippen LogP contribution in [0.15, 0.2) is 46.9 Å². The normalized spacial score (nSPS) is 10.1. The Bertz CT molecular complexity index is 700. The van der Waals surface area contributed by atoms with Gasteiger partial charge in [0.1, 0.15) is 11.2 Å². The highest BCUT2D eigenvalue weighted by atomic mass is 16.6. The zero-order valence-corrected chi connectivity index (χ0v) is 10.2. The minimum Gasteiger partial charge on any atom is -0.456 e. The van der Waals surface area contributed by atoms with Crippen molar-refractivity contribution < 1.29 is 9.34 Å². The van der Waals surface area contributed by atoms with E-state index in [2.05, 4.69) is 0 Å². The Hall–Kier alpha value is -2.36. The van der Waals surface area contributed by atoms with Crippen LogP contribution in [-0.2, 0) is 0 Å². The van der Waals surface area contributed by atoms with Crippen LogP contribution in [0.4, 0.5) is 5.69 Å². The van der Waals surface area contributed by atoms with Crippen LogP contribution in [0, 0.1) is 10.1 Å². The fourth-order valence-electron chi connectivity index (χ4n) is 1.83. The van der Waals surface area contributed by atoms with E-state index in [9.17, 15) is 10.1 Å². The van der Waals surface area contributed by atoms with Crippen molar-refractivity contribution >= 4 is 27.6 Å². The summed E-state index contributed by atoms with van der Waals surface area (Å²) in [5, 5.41) is 12.4. The van der Waals surface area contributed by atoms with Gasteiger partial charge in [0.05, 0.1) is 4.92 Å². The van der Waals surface area contributed by atoms with Crippen LogP contribution in [-0.4, -0.2) is 4.92 Å². The molecule has 0 N–H and O–H groups in total. The zero-order valence-electron chi connectivity index (χ0n) is 10.2. The molecule has 92 valence electrons. The molecule has 0 aliphatic carbocycles. The third-order valence-electron chi connectivity index (χ3n) is 2.57. The van der Waals surface area contributed by atoms with Gasteiger partial charge < -0.3 is 4.42 Å². The first kappa shape index (κ1) is 12.1. The van der Waals surface area contributed by atoms with Crippen molar-refractivity contribution in [3.05, 3.63) is 52.6 Å². The van der Waals surface area contributed by atoms with E-state index >= 15 is 0 Å². The largest absolute Gasteiger partial charge is 0.456 e. The summed E-state index contributed by atoms with van der Waals surface area (Å²) in [7, 11) is 0. The first-order valence-electron chi connectivity index (χ1n) is 5.81. The lowest BCUT2D eigenvalue weighted by atomic mass is 10.1. The maximum atomic E-state index is 10.7. The molecule has 0 amide bonds. The molecule has 0 fully saturated rings. The first-order valence-corrected chi connectivity index (χ1v) is 5.81.